The van der Waals surface area contributed by atoms with Gasteiger partial charge in [0.15, 0.2) is 0 Å². The molecule has 4 rings (SSSR count). The third-order valence-corrected chi connectivity index (χ3v) is 9.25. The Kier molecular flexibility index (Phi) is 5.55. The average Bonchev–Trinajstić information content (AvgIpc) is 2.98. The predicted molar refractivity (Wildman–Crippen MR) is 111 cm³/mol. The highest BCUT2D eigenvalue weighted by Gasteiger charge is 2.57. The van der Waals surface area contributed by atoms with E-state index in [-0.39, 0.29) is 5.41 Å². The van der Waals surface area contributed by atoms with Crippen molar-refractivity contribution in [1.29, 1.82) is 0 Å². The number of ketones is 1. The molecule has 4 aliphatic carbocycles. The van der Waals surface area contributed by atoms with E-state index in [0.717, 1.165) is 43.9 Å². The molecule has 7 atom stereocenters. The van der Waals surface area contributed by atoms with Gasteiger partial charge in [-0.2, -0.15) is 11.8 Å². The molecule has 0 aliphatic heterocycles. The Bertz CT molecular complexity index is 617. The van der Waals surface area contributed by atoms with Gasteiger partial charge in [-0.05, 0) is 86.7 Å². The molecule has 0 radical (unpaired) electrons. The number of thioether (sulfide) groups is 1. The highest BCUT2D eigenvalue weighted by Crippen LogP contribution is 2.63. The van der Waals surface area contributed by atoms with Crippen LogP contribution in [0, 0.1) is 35.0 Å². The van der Waals surface area contributed by atoms with Crippen LogP contribution in [0.2, 0.25) is 0 Å². The van der Waals surface area contributed by atoms with Crippen molar-refractivity contribution in [2.24, 2.45) is 35.0 Å². The minimum absolute atomic E-state index is 0.227. The first-order chi connectivity index (χ1) is 12.9. The number of hydrogen-bond acceptors (Lipinski definition) is 4. The first-order valence-corrected chi connectivity index (χ1v) is 12.2. The lowest BCUT2D eigenvalue weighted by Gasteiger charge is -2.54. The molecule has 0 amide bonds. The number of aliphatic hydroxyl groups is 1. The number of hydrogen-bond donors (Lipinski definition) is 1. The average molecular weight is 393 g/mol. The number of fused-ring (bicyclic) bond motifs is 5. The SMILES string of the molecule is COC[C@]1(O)CC[C@H]2C(=CC[C@@H]3[C@@H]2CC[C@]2(C)[C@@H](C(=O)CSC)CC[C@@H]32)C1. The fraction of sp³-hybridized carbons (Fsp3) is 0.870. The molecule has 0 saturated heterocycles. The van der Waals surface area contributed by atoms with E-state index in [4.69, 9.17) is 4.74 Å². The summed E-state index contributed by atoms with van der Waals surface area (Å²) in [4.78, 5) is 12.8. The van der Waals surface area contributed by atoms with Crippen LogP contribution < -0.4 is 0 Å². The summed E-state index contributed by atoms with van der Waals surface area (Å²) in [5, 5.41) is 10.8. The molecule has 1 N–H and O–H groups in total. The topological polar surface area (TPSA) is 46.5 Å². The molecule has 3 nitrogen and oxygen atoms in total. The molecule has 3 fully saturated rings. The molecule has 27 heavy (non-hydrogen) atoms. The van der Waals surface area contributed by atoms with Crippen molar-refractivity contribution in [3.8, 4) is 0 Å². The van der Waals surface area contributed by atoms with Crippen LogP contribution in [0.25, 0.3) is 0 Å². The van der Waals surface area contributed by atoms with E-state index in [2.05, 4.69) is 13.0 Å². The van der Waals surface area contributed by atoms with Crippen LogP contribution >= 0.6 is 11.8 Å². The molecule has 0 aromatic carbocycles. The fourth-order valence-corrected chi connectivity index (χ4v) is 8.01. The van der Waals surface area contributed by atoms with Crippen LogP contribution in [0.15, 0.2) is 11.6 Å². The van der Waals surface area contributed by atoms with Crippen molar-refractivity contribution >= 4 is 17.5 Å². The van der Waals surface area contributed by atoms with Gasteiger partial charge in [-0.3, -0.25) is 4.79 Å². The third kappa shape index (κ3) is 3.34. The monoisotopic (exact) mass is 392 g/mol. The van der Waals surface area contributed by atoms with Gasteiger partial charge in [0.2, 0.25) is 0 Å². The summed E-state index contributed by atoms with van der Waals surface area (Å²) in [6.45, 7) is 2.88. The molecule has 0 bridgehead atoms. The second-order valence-corrected chi connectivity index (χ2v) is 10.9. The zero-order valence-corrected chi connectivity index (χ0v) is 18.0. The van der Waals surface area contributed by atoms with Crippen molar-refractivity contribution in [3.63, 3.8) is 0 Å². The zero-order valence-electron chi connectivity index (χ0n) is 17.2. The Morgan fingerprint density at radius 3 is 2.81 bits per heavy atom. The summed E-state index contributed by atoms with van der Waals surface area (Å²) < 4.78 is 5.28. The lowest BCUT2D eigenvalue weighted by Crippen LogP contribution is -2.49. The normalized spacial score (nSPS) is 46.2. The molecule has 0 aromatic heterocycles. The Balaban J connectivity index is 1.53. The van der Waals surface area contributed by atoms with Gasteiger partial charge in [-0.15, -0.1) is 0 Å². The van der Waals surface area contributed by atoms with Gasteiger partial charge in [-0.25, -0.2) is 0 Å². The summed E-state index contributed by atoms with van der Waals surface area (Å²) in [7, 11) is 1.69. The number of Topliss-reactive ketones (excluding diaryl/α,β-unsaturated/α-hetero) is 1. The van der Waals surface area contributed by atoms with Gasteiger partial charge < -0.3 is 9.84 Å². The minimum atomic E-state index is -0.657. The molecule has 4 aliphatic rings. The van der Waals surface area contributed by atoms with Gasteiger partial charge in [0, 0.05) is 13.0 Å². The van der Waals surface area contributed by atoms with E-state index < -0.39 is 5.60 Å². The molecule has 0 unspecified atom stereocenters. The van der Waals surface area contributed by atoms with Gasteiger partial charge >= 0.3 is 0 Å². The quantitative estimate of drug-likeness (QED) is 0.701. The number of carbonyl (C=O) groups is 1. The highest BCUT2D eigenvalue weighted by atomic mass is 32.2. The van der Waals surface area contributed by atoms with E-state index in [9.17, 15) is 9.90 Å². The fourth-order valence-electron chi connectivity index (χ4n) is 7.53. The third-order valence-electron chi connectivity index (χ3n) is 8.68. The van der Waals surface area contributed by atoms with Gasteiger partial charge in [-0.1, -0.05) is 18.6 Å². The summed E-state index contributed by atoms with van der Waals surface area (Å²) in [5.41, 5.74) is 1.07. The number of carbonyl (C=O) groups excluding carboxylic acids is 1. The molecule has 0 spiro atoms. The molecule has 4 heteroatoms. The largest absolute Gasteiger partial charge is 0.387 e. The number of ether oxygens (including phenoxy) is 1. The van der Waals surface area contributed by atoms with E-state index in [1.165, 1.54) is 24.8 Å². The summed E-state index contributed by atoms with van der Waals surface area (Å²) in [6.07, 6.45) is 13.3. The van der Waals surface area contributed by atoms with Gasteiger partial charge in [0.25, 0.3) is 0 Å². The summed E-state index contributed by atoms with van der Waals surface area (Å²) in [5.74, 6) is 4.37. The van der Waals surface area contributed by atoms with Crippen LogP contribution in [-0.2, 0) is 9.53 Å². The van der Waals surface area contributed by atoms with E-state index >= 15 is 0 Å². The van der Waals surface area contributed by atoms with Crippen molar-refractivity contribution in [2.45, 2.75) is 63.9 Å². The lowest BCUT2D eigenvalue weighted by atomic mass is 9.51. The van der Waals surface area contributed by atoms with E-state index in [1.54, 1.807) is 18.9 Å². The maximum absolute atomic E-state index is 12.8. The highest BCUT2D eigenvalue weighted by molar-refractivity contribution is 7.99. The Morgan fingerprint density at radius 2 is 2.07 bits per heavy atom. The second kappa shape index (κ2) is 7.50. The first kappa shape index (κ1) is 20.0. The molecular formula is C23H36O3S. The van der Waals surface area contributed by atoms with Crippen LogP contribution in [0.5, 0.6) is 0 Å². The van der Waals surface area contributed by atoms with Gasteiger partial charge in [0.05, 0.1) is 18.0 Å². The predicted octanol–water partition coefficient (Wildman–Crippen LogP) is 4.48. The van der Waals surface area contributed by atoms with Crippen molar-refractivity contribution < 1.29 is 14.6 Å². The molecular weight excluding hydrogens is 356 g/mol. The number of rotatable bonds is 5. The Labute approximate surface area is 168 Å². The lowest BCUT2D eigenvalue weighted by molar-refractivity contribution is -0.126. The maximum Gasteiger partial charge on any atom is 0.146 e. The van der Waals surface area contributed by atoms with Crippen LogP contribution in [0.4, 0.5) is 0 Å². The van der Waals surface area contributed by atoms with Gasteiger partial charge in [0.1, 0.15) is 5.78 Å². The second-order valence-electron chi connectivity index (χ2n) is 10.0. The smallest absolute Gasteiger partial charge is 0.146 e. The Hall–Kier alpha value is -0.320. The van der Waals surface area contributed by atoms with Crippen molar-refractivity contribution in [3.05, 3.63) is 11.6 Å². The maximum atomic E-state index is 12.8. The molecule has 3 saturated carbocycles. The van der Waals surface area contributed by atoms with Crippen LogP contribution in [-0.4, -0.2) is 42.2 Å². The van der Waals surface area contributed by atoms with Crippen LogP contribution in [0.1, 0.15) is 58.3 Å². The minimum Gasteiger partial charge on any atom is -0.387 e. The molecule has 0 heterocycles. The zero-order chi connectivity index (χ0) is 19.2. The van der Waals surface area contributed by atoms with E-state index in [0.29, 0.717) is 35.9 Å². The molecule has 0 aromatic rings. The first-order valence-electron chi connectivity index (χ1n) is 10.8. The van der Waals surface area contributed by atoms with E-state index in [1.807, 2.05) is 6.26 Å². The molecule has 152 valence electrons. The summed E-state index contributed by atoms with van der Waals surface area (Å²) in [6, 6.07) is 0. The van der Waals surface area contributed by atoms with Crippen molar-refractivity contribution in [1.82, 2.24) is 0 Å². The summed E-state index contributed by atoms with van der Waals surface area (Å²) >= 11 is 1.68. The van der Waals surface area contributed by atoms with Crippen molar-refractivity contribution in [2.75, 3.05) is 25.7 Å². The standard InChI is InChI=1S/C23H36O3S/c1-22-10-8-17-16-9-11-23(25,14-26-2)12-15(16)4-5-18(17)19(22)6-7-20(22)21(24)13-27-3/h4,16-20,25H,5-14H2,1-3H3/t16-,17+,18+,19-,20+,22-,23-/m0/s1. The number of methoxy groups -OCH3 is 1. The van der Waals surface area contributed by atoms with Crippen LogP contribution in [0.3, 0.4) is 0 Å². The number of allylic oxidation sites excluding steroid dienone is 1. The Morgan fingerprint density at radius 1 is 1.26 bits per heavy atom.